The van der Waals surface area contributed by atoms with Gasteiger partial charge in [-0.3, -0.25) is 4.79 Å². The van der Waals surface area contributed by atoms with Gasteiger partial charge in [0.25, 0.3) is 0 Å². The maximum atomic E-state index is 11.8. The Morgan fingerprint density at radius 2 is 2.25 bits per heavy atom. The van der Waals surface area contributed by atoms with E-state index in [4.69, 9.17) is 11.5 Å². The quantitative estimate of drug-likeness (QED) is 0.744. The number of anilines is 1. The molecule has 2 atom stereocenters. The molecule has 0 heterocycles. The number of carbonyl (C=O) groups excluding carboxylic acids is 1. The number of ketones is 1. The van der Waals surface area contributed by atoms with Crippen LogP contribution in [0.15, 0.2) is 18.2 Å². The second-order valence-electron chi connectivity index (χ2n) is 4.41. The zero-order chi connectivity index (χ0) is 11.7. The lowest BCUT2D eigenvalue weighted by Gasteiger charge is -2.30. The van der Waals surface area contributed by atoms with Gasteiger partial charge in [0.15, 0.2) is 0 Å². The van der Waals surface area contributed by atoms with Crippen LogP contribution in [0.1, 0.15) is 36.9 Å². The Morgan fingerprint density at radius 3 is 2.94 bits per heavy atom. The Labute approximate surface area is 95.8 Å². The first-order valence-corrected chi connectivity index (χ1v) is 5.80. The average molecular weight is 218 g/mol. The van der Waals surface area contributed by atoms with E-state index in [0.29, 0.717) is 6.42 Å². The summed E-state index contributed by atoms with van der Waals surface area (Å²) in [5, 5.41) is 0. The van der Waals surface area contributed by atoms with Crippen molar-refractivity contribution in [3.05, 3.63) is 29.3 Å². The minimum atomic E-state index is -0.181. The minimum Gasteiger partial charge on any atom is -0.398 e. The van der Waals surface area contributed by atoms with Gasteiger partial charge in [-0.05, 0) is 30.0 Å². The van der Waals surface area contributed by atoms with Crippen LogP contribution in [-0.4, -0.2) is 5.78 Å². The Hall–Kier alpha value is -1.35. The van der Waals surface area contributed by atoms with E-state index in [1.807, 2.05) is 25.1 Å². The van der Waals surface area contributed by atoms with Crippen molar-refractivity contribution < 1.29 is 4.79 Å². The highest BCUT2D eigenvalue weighted by molar-refractivity contribution is 5.82. The number of nitrogen functional groups attached to an aromatic ring is 1. The van der Waals surface area contributed by atoms with Crippen molar-refractivity contribution in [2.75, 3.05) is 5.73 Å². The summed E-state index contributed by atoms with van der Waals surface area (Å²) in [4.78, 5) is 11.8. The van der Waals surface area contributed by atoms with E-state index in [1.54, 1.807) is 0 Å². The molecule has 1 aromatic rings. The first-order valence-electron chi connectivity index (χ1n) is 5.80. The molecule has 0 bridgehead atoms. The number of carbonyl (C=O) groups is 1. The molecule has 2 rings (SSSR count). The molecule has 1 aromatic carbocycles. The predicted molar refractivity (Wildman–Crippen MR) is 64.9 cm³/mol. The SMILES string of the molecule is CCC(=O)C1CCc2c(N)cccc2C1N. The molecule has 0 aliphatic heterocycles. The van der Waals surface area contributed by atoms with Crippen LogP contribution in [0.25, 0.3) is 0 Å². The lowest BCUT2D eigenvalue weighted by atomic mass is 9.77. The van der Waals surface area contributed by atoms with E-state index < -0.39 is 0 Å². The Kier molecular flexibility index (Phi) is 2.97. The van der Waals surface area contributed by atoms with Gasteiger partial charge in [0.1, 0.15) is 5.78 Å². The molecule has 1 aliphatic rings. The Balaban J connectivity index is 2.36. The van der Waals surface area contributed by atoms with Gasteiger partial charge in [-0.1, -0.05) is 19.1 Å². The van der Waals surface area contributed by atoms with E-state index in [1.165, 1.54) is 0 Å². The molecule has 0 spiro atoms. The number of fused-ring (bicyclic) bond motifs is 1. The number of benzene rings is 1. The minimum absolute atomic E-state index is 0.0284. The molecule has 0 fully saturated rings. The Bertz CT molecular complexity index is 414. The monoisotopic (exact) mass is 218 g/mol. The molecule has 0 saturated carbocycles. The predicted octanol–water partition coefficient (Wildman–Crippen LogP) is 1.81. The fourth-order valence-corrected chi connectivity index (χ4v) is 2.54. The smallest absolute Gasteiger partial charge is 0.137 e. The van der Waals surface area contributed by atoms with Gasteiger partial charge in [0.05, 0.1) is 0 Å². The number of rotatable bonds is 2. The molecule has 4 N–H and O–H groups in total. The number of hydrogen-bond acceptors (Lipinski definition) is 3. The molecule has 0 amide bonds. The fourth-order valence-electron chi connectivity index (χ4n) is 2.54. The zero-order valence-electron chi connectivity index (χ0n) is 9.57. The Morgan fingerprint density at radius 1 is 1.50 bits per heavy atom. The fraction of sp³-hybridized carbons (Fsp3) is 0.462. The molecule has 3 nitrogen and oxygen atoms in total. The highest BCUT2D eigenvalue weighted by Gasteiger charge is 2.31. The van der Waals surface area contributed by atoms with Crippen LogP contribution in [0, 0.1) is 5.92 Å². The maximum Gasteiger partial charge on any atom is 0.137 e. The van der Waals surface area contributed by atoms with Crippen LogP contribution in [0.5, 0.6) is 0 Å². The molecular formula is C13H18N2O. The molecule has 0 aromatic heterocycles. The van der Waals surface area contributed by atoms with Crippen molar-refractivity contribution in [3.8, 4) is 0 Å². The highest BCUT2D eigenvalue weighted by Crippen LogP contribution is 2.36. The second-order valence-corrected chi connectivity index (χ2v) is 4.41. The molecule has 16 heavy (non-hydrogen) atoms. The standard InChI is InChI=1S/C13H18N2O/c1-2-12(16)10-7-6-8-9(13(10)15)4-3-5-11(8)14/h3-5,10,13H,2,6-7,14-15H2,1H3. The molecule has 1 aliphatic carbocycles. The van der Waals surface area contributed by atoms with Crippen molar-refractivity contribution in [2.45, 2.75) is 32.2 Å². The van der Waals surface area contributed by atoms with Gasteiger partial charge in [0, 0.05) is 24.1 Å². The maximum absolute atomic E-state index is 11.8. The lowest BCUT2D eigenvalue weighted by molar-refractivity contribution is -0.123. The molecule has 0 saturated heterocycles. The lowest BCUT2D eigenvalue weighted by Crippen LogP contribution is -2.32. The molecule has 2 unspecified atom stereocenters. The number of nitrogens with two attached hydrogens (primary N) is 2. The van der Waals surface area contributed by atoms with Crippen molar-refractivity contribution >= 4 is 11.5 Å². The van der Waals surface area contributed by atoms with Crippen LogP contribution in [0.3, 0.4) is 0 Å². The van der Waals surface area contributed by atoms with Crippen molar-refractivity contribution in [1.82, 2.24) is 0 Å². The summed E-state index contributed by atoms with van der Waals surface area (Å²) in [6, 6.07) is 5.62. The normalized spacial score (nSPS) is 23.9. The van der Waals surface area contributed by atoms with Crippen molar-refractivity contribution in [1.29, 1.82) is 0 Å². The summed E-state index contributed by atoms with van der Waals surface area (Å²) in [6.45, 7) is 1.89. The third-order valence-corrected chi connectivity index (χ3v) is 3.51. The van der Waals surface area contributed by atoms with Gasteiger partial charge in [0.2, 0.25) is 0 Å². The molecule has 3 heteroatoms. The third kappa shape index (κ3) is 1.71. The highest BCUT2D eigenvalue weighted by atomic mass is 16.1. The summed E-state index contributed by atoms with van der Waals surface area (Å²) in [5.41, 5.74) is 15.1. The number of Topliss-reactive ketones (excluding diaryl/α,β-unsaturated/α-hetero) is 1. The first kappa shape index (κ1) is 11.1. The first-order chi connectivity index (χ1) is 7.65. The van der Waals surface area contributed by atoms with Crippen molar-refractivity contribution in [2.24, 2.45) is 11.7 Å². The van der Waals surface area contributed by atoms with Gasteiger partial charge in [-0.2, -0.15) is 0 Å². The van der Waals surface area contributed by atoms with E-state index in [-0.39, 0.29) is 17.7 Å². The summed E-state index contributed by atoms with van der Waals surface area (Å²) >= 11 is 0. The average Bonchev–Trinajstić information content (AvgIpc) is 2.30. The second kappa shape index (κ2) is 4.26. The van der Waals surface area contributed by atoms with Crippen LogP contribution in [0.4, 0.5) is 5.69 Å². The van der Waals surface area contributed by atoms with Crippen LogP contribution < -0.4 is 11.5 Å². The van der Waals surface area contributed by atoms with E-state index in [0.717, 1.165) is 29.7 Å². The van der Waals surface area contributed by atoms with Gasteiger partial charge < -0.3 is 11.5 Å². The van der Waals surface area contributed by atoms with Crippen molar-refractivity contribution in [3.63, 3.8) is 0 Å². The molecule has 86 valence electrons. The van der Waals surface area contributed by atoms with E-state index in [9.17, 15) is 4.79 Å². The van der Waals surface area contributed by atoms with Gasteiger partial charge in [-0.15, -0.1) is 0 Å². The topological polar surface area (TPSA) is 69.1 Å². The molecular weight excluding hydrogens is 200 g/mol. The van der Waals surface area contributed by atoms with Crippen LogP contribution >= 0.6 is 0 Å². The number of hydrogen-bond donors (Lipinski definition) is 2. The third-order valence-electron chi connectivity index (χ3n) is 3.51. The van der Waals surface area contributed by atoms with Gasteiger partial charge >= 0.3 is 0 Å². The van der Waals surface area contributed by atoms with E-state index in [2.05, 4.69) is 0 Å². The summed E-state index contributed by atoms with van der Waals surface area (Å²) in [6.07, 6.45) is 2.26. The van der Waals surface area contributed by atoms with Gasteiger partial charge in [-0.25, -0.2) is 0 Å². The molecule has 0 radical (unpaired) electrons. The van der Waals surface area contributed by atoms with Crippen LogP contribution in [0.2, 0.25) is 0 Å². The zero-order valence-corrected chi connectivity index (χ0v) is 9.57. The van der Waals surface area contributed by atoms with E-state index >= 15 is 0 Å². The summed E-state index contributed by atoms with van der Waals surface area (Å²) < 4.78 is 0. The largest absolute Gasteiger partial charge is 0.398 e. The summed E-state index contributed by atoms with van der Waals surface area (Å²) in [5.74, 6) is 0.236. The van der Waals surface area contributed by atoms with Crippen LogP contribution in [-0.2, 0) is 11.2 Å². The summed E-state index contributed by atoms with van der Waals surface area (Å²) in [7, 11) is 0.